The molecule has 0 aromatic heterocycles. The third-order valence-electron chi connectivity index (χ3n) is 4.11. The first-order valence-corrected chi connectivity index (χ1v) is 8.86. The van der Waals surface area contributed by atoms with Gasteiger partial charge in [0.2, 0.25) is 5.91 Å². The van der Waals surface area contributed by atoms with Gasteiger partial charge in [-0.05, 0) is 24.7 Å². The van der Waals surface area contributed by atoms with Crippen LogP contribution in [0.3, 0.4) is 0 Å². The van der Waals surface area contributed by atoms with Crippen molar-refractivity contribution in [1.82, 2.24) is 10.2 Å². The molecular formula is C19H21BrN2O2. The molecule has 1 atom stereocenters. The Labute approximate surface area is 150 Å². The molecule has 1 aliphatic heterocycles. The van der Waals surface area contributed by atoms with Gasteiger partial charge in [-0.25, -0.2) is 0 Å². The summed E-state index contributed by atoms with van der Waals surface area (Å²) >= 11 is 3.55. The maximum absolute atomic E-state index is 12.4. The molecule has 2 aromatic rings. The van der Waals surface area contributed by atoms with Crippen molar-refractivity contribution in [2.45, 2.75) is 19.0 Å². The van der Waals surface area contributed by atoms with Gasteiger partial charge in [0.15, 0.2) is 0 Å². The number of amides is 1. The highest BCUT2D eigenvalue weighted by Crippen LogP contribution is 2.31. The summed E-state index contributed by atoms with van der Waals surface area (Å²) in [5.41, 5.74) is 2.23. The minimum atomic E-state index is 0.0271. The lowest BCUT2D eigenvalue weighted by molar-refractivity contribution is -0.123. The maximum Gasteiger partial charge on any atom is 0.234 e. The van der Waals surface area contributed by atoms with E-state index in [9.17, 15) is 4.79 Å². The molecule has 0 radical (unpaired) electrons. The molecule has 0 aliphatic carbocycles. The average Bonchev–Trinajstić information content (AvgIpc) is 2.57. The van der Waals surface area contributed by atoms with Crippen LogP contribution in [0.2, 0.25) is 0 Å². The molecule has 0 fully saturated rings. The Morgan fingerprint density at radius 1 is 1.25 bits per heavy atom. The van der Waals surface area contributed by atoms with Gasteiger partial charge in [0.25, 0.3) is 0 Å². The summed E-state index contributed by atoms with van der Waals surface area (Å²) < 4.78 is 6.71. The van der Waals surface area contributed by atoms with E-state index in [1.54, 1.807) is 0 Å². The first kappa shape index (κ1) is 17.0. The van der Waals surface area contributed by atoms with Crippen LogP contribution in [0.25, 0.3) is 0 Å². The van der Waals surface area contributed by atoms with E-state index in [0.717, 1.165) is 28.8 Å². The number of hydrogen-bond donors (Lipinski definition) is 1. The summed E-state index contributed by atoms with van der Waals surface area (Å²) in [6.45, 7) is 1.72. The topological polar surface area (TPSA) is 41.6 Å². The van der Waals surface area contributed by atoms with Gasteiger partial charge in [-0.15, -0.1) is 0 Å². The molecule has 126 valence electrons. The van der Waals surface area contributed by atoms with Gasteiger partial charge in [-0.2, -0.15) is 0 Å². The van der Waals surface area contributed by atoms with Crippen LogP contribution in [-0.4, -0.2) is 31.0 Å². The quantitative estimate of drug-likeness (QED) is 0.851. The number of nitrogens with one attached hydrogen (secondary N) is 1. The van der Waals surface area contributed by atoms with Crippen molar-refractivity contribution in [1.29, 1.82) is 0 Å². The molecule has 3 rings (SSSR count). The van der Waals surface area contributed by atoms with Gasteiger partial charge in [0.05, 0.1) is 19.2 Å². The fourth-order valence-corrected chi connectivity index (χ4v) is 3.36. The van der Waals surface area contributed by atoms with E-state index in [4.69, 9.17) is 4.74 Å². The summed E-state index contributed by atoms with van der Waals surface area (Å²) in [7, 11) is 1.96. The lowest BCUT2D eigenvalue weighted by Crippen LogP contribution is -2.38. The molecule has 1 amide bonds. The lowest BCUT2D eigenvalue weighted by atomic mass is 10.0. The van der Waals surface area contributed by atoms with Gasteiger partial charge < -0.3 is 10.1 Å². The minimum Gasteiger partial charge on any atom is -0.493 e. The monoisotopic (exact) mass is 388 g/mol. The Hall–Kier alpha value is -1.85. The summed E-state index contributed by atoms with van der Waals surface area (Å²) in [5, 5.41) is 3.13. The van der Waals surface area contributed by atoms with Crippen molar-refractivity contribution in [3.05, 3.63) is 64.1 Å². The third kappa shape index (κ3) is 4.16. The molecule has 0 saturated heterocycles. The fourth-order valence-electron chi connectivity index (χ4n) is 2.95. The number of para-hydroxylation sites is 1. The van der Waals surface area contributed by atoms with Crippen LogP contribution < -0.4 is 10.1 Å². The molecule has 1 unspecified atom stereocenters. The Bertz CT molecular complexity index is 720. The maximum atomic E-state index is 12.4. The molecule has 5 heteroatoms. The van der Waals surface area contributed by atoms with Crippen molar-refractivity contribution in [2.24, 2.45) is 0 Å². The van der Waals surface area contributed by atoms with E-state index < -0.39 is 0 Å². The van der Waals surface area contributed by atoms with Crippen molar-refractivity contribution in [3.63, 3.8) is 0 Å². The number of rotatable bonds is 5. The van der Waals surface area contributed by atoms with E-state index in [2.05, 4.69) is 27.3 Å². The van der Waals surface area contributed by atoms with E-state index >= 15 is 0 Å². The second-order valence-corrected chi connectivity index (χ2v) is 6.91. The number of ether oxygens (including phenoxy) is 1. The molecule has 0 spiro atoms. The zero-order valence-electron chi connectivity index (χ0n) is 13.7. The van der Waals surface area contributed by atoms with Crippen LogP contribution in [0.4, 0.5) is 0 Å². The molecule has 1 aliphatic rings. The van der Waals surface area contributed by atoms with Crippen molar-refractivity contribution in [2.75, 3.05) is 20.2 Å². The Balaban J connectivity index is 1.57. The smallest absolute Gasteiger partial charge is 0.234 e. The third-order valence-corrected chi connectivity index (χ3v) is 4.88. The summed E-state index contributed by atoms with van der Waals surface area (Å²) in [4.78, 5) is 14.4. The van der Waals surface area contributed by atoms with Crippen LogP contribution in [0.1, 0.15) is 23.6 Å². The summed E-state index contributed by atoms with van der Waals surface area (Å²) in [5.74, 6) is 0.905. The number of carbonyl (C=O) groups excluding carboxylic acids is 1. The van der Waals surface area contributed by atoms with Crippen LogP contribution >= 0.6 is 15.9 Å². The predicted octanol–water partition coefficient (Wildman–Crippen LogP) is 3.52. The van der Waals surface area contributed by atoms with Gasteiger partial charge in [-0.1, -0.05) is 52.3 Å². The first-order chi connectivity index (χ1) is 11.6. The van der Waals surface area contributed by atoms with E-state index in [1.807, 2.05) is 54.4 Å². The number of likely N-dealkylation sites (N-methyl/N-ethyl adjacent to an activating group) is 1. The average molecular weight is 389 g/mol. The van der Waals surface area contributed by atoms with Gasteiger partial charge >= 0.3 is 0 Å². The summed E-state index contributed by atoms with van der Waals surface area (Å²) in [6, 6.07) is 16.0. The summed E-state index contributed by atoms with van der Waals surface area (Å²) in [6.07, 6.45) is 0.802. The SMILES string of the molecule is CN(CC(=O)NC1CCOc2ccccc21)Cc1ccccc1Br. The number of benzene rings is 2. The predicted molar refractivity (Wildman–Crippen MR) is 97.9 cm³/mol. The Morgan fingerprint density at radius 3 is 2.83 bits per heavy atom. The zero-order chi connectivity index (χ0) is 16.9. The van der Waals surface area contributed by atoms with Crippen LogP contribution in [0.15, 0.2) is 53.0 Å². The highest BCUT2D eigenvalue weighted by atomic mass is 79.9. The minimum absolute atomic E-state index is 0.0271. The van der Waals surface area contributed by atoms with Crippen LogP contribution in [-0.2, 0) is 11.3 Å². The van der Waals surface area contributed by atoms with E-state index in [0.29, 0.717) is 13.2 Å². The molecule has 0 bridgehead atoms. The van der Waals surface area contributed by atoms with Gasteiger partial charge in [-0.3, -0.25) is 9.69 Å². The van der Waals surface area contributed by atoms with E-state index in [1.165, 1.54) is 5.56 Å². The number of fused-ring (bicyclic) bond motifs is 1. The molecule has 24 heavy (non-hydrogen) atoms. The van der Waals surface area contributed by atoms with Gasteiger partial charge in [0, 0.05) is 23.0 Å². The number of nitrogens with zero attached hydrogens (tertiary/aromatic N) is 1. The molecule has 4 nitrogen and oxygen atoms in total. The standard InChI is InChI=1S/C19H21BrN2O2/c1-22(12-14-6-2-4-8-16(14)20)13-19(23)21-17-10-11-24-18-9-5-3-7-15(17)18/h2-9,17H,10-13H2,1H3,(H,21,23). The van der Waals surface area contributed by atoms with Crippen LogP contribution in [0.5, 0.6) is 5.75 Å². The van der Waals surface area contributed by atoms with Crippen molar-refractivity contribution < 1.29 is 9.53 Å². The normalized spacial score (nSPS) is 16.4. The van der Waals surface area contributed by atoms with E-state index in [-0.39, 0.29) is 11.9 Å². The molecule has 0 saturated carbocycles. The Kier molecular flexibility index (Phi) is 5.53. The van der Waals surface area contributed by atoms with Crippen molar-refractivity contribution in [3.8, 4) is 5.75 Å². The Morgan fingerprint density at radius 2 is 2.00 bits per heavy atom. The number of hydrogen-bond acceptors (Lipinski definition) is 3. The van der Waals surface area contributed by atoms with Gasteiger partial charge in [0.1, 0.15) is 5.75 Å². The first-order valence-electron chi connectivity index (χ1n) is 8.06. The molecule has 2 aromatic carbocycles. The van der Waals surface area contributed by atoms with Crippen molar-refractivity contribution >= 4 is 21.8 Å². The largest absolute Gasteiger partial charge is 0.493 e. The van der Waals surface area contributed by atoms with Crippen LogP contribution in [0, 0.1) is 0 Å². The number of halogens is 1. The molecular weight excluding hydrogens is 368 g/mol. The second-order valence-electron chi connectivity index (χ2n) is 6.06. The highest BCUT2D eigenvalue weighted by Gasteiger charge is 2.22. The number of carbonyl (C=O) groups is 1. The zero-order valence-corrected chi connectivity index (χ0v) is 15.3. The molecule has 1 N–H and O–H groups in total. The highest BCUT2D eigenvalue weighted by molar-refractivity contribution is 9.10. The second kappa shape index (κ2) is 7.81. The lowest BCUT2D eigenvalue weighted by Gasteiger charge is -2.27. The fraction of sp³-hybridized carbons (Fsp3) is 0.316. The molecule has 1 heterocycles.